The van der Waals surface area contributed by atoms with Crippen molar-refractivity contribution in [2.24, 2.45) is 5.92 Å². The molecule has 0 radical (unpaired) electrons. The Morgan fingerprint density at radius 3 is 2.65 bits per heavy atom. The Labute approximate surface area is 184 Å². The molecule has 0 saturated heterocycles. The van der Waals surface area contributed by atoms with Crippen LogP contribution in [0.5, 0.6) is 11.5 Å². The Kier molecular flexibility index (Phi) is 7.06. The first-order valence-corrected chi connectivity index (χ1v) is 10.5. The predicted molar refractivity (Wildman–Crippen MR) is 126 cm³/mol. The number of fused-ring (bicyclic) bond motifs is 1. The number of furan rings is 1. The Morgan fingerprint density at radius 2 is 1.97 bits per heavy atom. The average Bonchev–Trinajstić information content (AvgIpc) is 3.17. The smallest absolute Gasteiger partial charge is 0.244 e. The molecule has 0 unspecified atom stereocenters. The number of hydrogen-bond donors (Lipinski definition) is 1. The van der Waals surface area contributed by atoms with Crippen molar-refractivity contribution in [3.8, 4) is 22.6 Å². The molecule has 0 aliphatic carbocycles. The van der Waals surface area contributed by atoms with Crippen LogP contribution in [0.15, 0.2) is 47.1 Å². The molecule has 1 heterocycles. The van der Waals surface area contributed by atoms with Gasteiger partial charge in [-0.1, -0.05) is 26.0 Å². The molecule has 0 fully saturated rings. The molecule has 0 aliphatic heterocycles. The number of benzene rings is 2. The number of ether oxygens (including phenoxy) is 2. The van der Waals surface area contributed by atoms with E-state index in [1.807, 2.05) is 44.2 Å². The number of methoxy groups -OCH3 is 2. The maximum Gasteiger partial charge on any atom is 0.244 e. The zero-order chi connectivity index (χ0) is 22.5. The van der Waals surface area contributed by atoms with Gasteiger partial charge in [-0.05, 0) is 55.5 Å². The van der Waals surface area contributed by atoms with Gasteiger partial charge in [-0.25, -0.2) is 0 Å². The second-order valence-electron chi connectivity index (χ2n) is 8.14. The number of carbonyl (C=O) groups excluding carboxylic acids is 1. The zero-order valence-electron chi connectivity index (χ0n) is 19.2. The van der Waals surface area contributed by atoms with Crippen molar-refractivity contribution in [2.75, 3.05) is 20.8 Å². The number of allylic oxidation sites excluding steroid dienone is 1. The predicted octanol–water partition coefficient (Wildman–Crippen LogP) is 5.99. The molecule has 5 heteroatoms. The summed E-state index contributed by atoms with van der Waals surface area (Å²) in [6.07, 6.45) is 4.34. The largest absolute Gasteiger partial charge is 0.497 e. The molecule has 0 saturated carbocycles. The third-order valence-corrected chi connectivity index (χ3v) is 5.42. The summed E-state index contributed by atoms with van der Waals surface area (Å²) in [7, 11) is 3.29. The van der Waals surface area contributed by atoms with Gasteiger partial charge in [0.1, 0.15) is 17.1 Å². The van der Waals surface area contributed by atoms with Crippen LogP contribution < -0.4 is 14.8 Å². The monoisotopic (exact) mass is 421 g/mol. The van der Waals surface area contributed by atoms with Gasteiger partial charge in [-0.15, -0.1) is 0 Å². The van der Waals surface area contributed by atoms with Crippen LogP contribution in [-0.2, 0) is 4.79 Å². The topological polar surface area (TPSA) is 60.7 Å². The third kappa shape index (κ3) is 4.93. The van der Waals surface area contributed by atoms with E-state index in [0.29, 0.717) is 18.2 Å². The van der Waals surface area contributed by atoms with Crippen molar-refractivity contribution in [1.29, 1.82) is 0 Å². The highest BCUT2D eigenvalue weighted by Gasteiger charge is 2.19. The van der Waals surface area contributed by atoms with Gasteiger partial charge in [0, 0.05) is 34.7 Å². The van der Waals surface area contributed by atoms with E-state index >= 15 is 0 Å². The highest BCUT2D eigenvalue weighted by molar-refractivity contribution is 6.01. The maximum atomic E-state index is 12.4. The second-order valence-corrected chi connectivity index (χ2v) is 8.14. The van der Waals surface area contributed by atoms with Crippen molar-refractivity contribution < 1.29 is 18.7 Å². The first-order valence-electron chi connectivity index (χ1n) is 10.5. The lowest BCUT2D eigenvalue weighted by molar-refractivity contribution is -0.116. The van der Waals surface area contributed by atoms with Crippen molar-refractivity contribution in [3.63, 3.8) is 0 Å². The number of carbonyl (C=O) groups is 1. The Balaban J connectivity index is 2.04. The summed E-state index contributed by atoms with van der Waals surface area (Å²) in [6, 6.07) is 9.91. The number of amides is 1. The van der Waals surface area contributed by atoms with E-state index < -0.39 is 0 Å². The van der Waals surface area contributed by atoms with Gasteiger partial charge in [0.05, 0.1) is 20.5 Å². The SMILES string of the molecule is COc1cccc(-c2coc3c(C)c(OC)c(/C(C)=C/C(=O)NCCC(C)C)cc23)c1. The summed E-state index contributed by atoms with van der Waals surface area (Å²) in [5, 5.41) is 3.93. The van der Waals surface area contributed by atoms with Gasteiger partial charge in [-0.3, -0.25) is 4.79 Å². The van der Waals surface area contributed by atoms with Crippen molar-refractivity contribution in [2.45, 2.75) is 34.1 Å². The molecule has 1 N–H and O–H groups in total. The molecule has 0 atom stereocenters. The summed E-state index contributed by atoms with van der Waals surface area (Å²) in [5.41, 5.74) is 5.35. The van der Waals surface area contributed by atoms with E-state index in [-0.39, 0.29) is 5.91 Å². The Bertz CT molecular complexity index is 1110. The highest BCUT2D eigenvalue weighted by Crippen LogP contribution is 2.41. The molecule has 1 amide bonds. The van der Waals surface area contributed by atoms with Gasteiger partial charge in [0.2, 0.25) is 5.91 Å². The number of rotatable bonds is 8. The van der Waals surface area contributed by atoms with Gasteiger partial charge in [0.25, 0.3) is 0 Å². The third-order valence-electron chi connectivity index (χ3n) is 5.42. The van der Waals surface area contributed by atoms with Gasteiger partial charge in [0.15, 0.2) is 0 Å². The molecule has 31 heavy (non-hydrogen) atoms. The molecular weight excluding hydrogens is 390 g/mol. The molecule has 0 spiro atoms. The Morgan fingerprint density at radius 1 is 1.19 bits per heavy atom. The first kappa shape index (κ1) is 22.5. The molecule has 0 bridgehead atoms. The molecule has 1 aromatic heterocycles. The van der Waals surface area contributed by atoms with Crippen molar-refractivity contribution >= 4 is 22.4 Å². The van der Waals surface area contributed by atoms with E-state index in [2.05, 4.69) is 19.2 Å². The standard InChI is InChI=1S/C26H31NO4/c1-16(2)10-11-27-24(28)12-17(3)21-14-22-23(19-8-7-9-20(13-19)29-5)15-31-26(22)18(4)25(21)30-6/h7-9,12-16H,10-11H2,1-6H3,(H,27,28)/b17-12+. The second kappa shape index (κ2) is 9.73. The van der Waals surface area contributed by atoms with Crippen LogP contribution in [0.4, 0.5) is 0 Å². The van der Waals surface area contributed by atoms with Crippen molar-refractivity contribution in [3.05, 3.63) is 53.8 Å². The number of hydrogen-bond acceptors (Lipinski definition) is 4. The van der Waals surface area contributed by atoms with E-state index in [9.17, 15) is 4.79 Å². The first-order chi connectivity index (χ1) is 14.8. The maximum absolute atomic E-state index is 12.4. The van der Waals surface area contributed by atoms with E-state index in [1.165, 1.54) is 0 Å². The average molecular weight is 422 g/mol. The van der Waals surface area contributed by atoms with E-state index in [4.69, 9.17) is 13.9 Å². The molecule has 3 rings (SSSR count). The summed E-state index contributed by atoms with van der Waals surface area (Å²) in [4.78, 5) is 12.4. The zero-order valence-corrected chi connectivity index (χ0v) is 19.2. The fourth-order valence-corrected chi connectivity index (χ4v) is 3.70. The van der Waals surface area contributed by atoms with Gasteiger partial charge >= 0.3 is 0 Å². The molecule has 5 nitrogen and oxygen atoms in total. The van der Waals surface area contributed by atoms with Crippen LogP contribution in [0.2, 0.25) is 0 Å². The van der Waals surface area contributed by atoms with E-state index in [1.54, 1.807) is 26.6 Å². The Hall–Kier alpha value is -3.21. The molecule has 0 aliphatic rings. The van der Waals surface area contributed by atoms with Crippen LogP contribution in [0.25, 0.3) is 27.7 Å². The summed E-state index contributed by atoms with van der Waals surface area (Å²) in [6.45, 7) is 8.84. The summed E-state index contributed by atoms with van der Waals surface area (Å²) < 4.78 is 17.0. The molecule has 3 aromatic rings. The van der Waals surface area contributed by atoms with Gasteiger partial charge < -0.3 is 19.2 Å². The molecule has 164 valence electrons. The van der Waals surface area contributed by atoms with Crippen LogP contribution in [0.3, 0.4) is 0 Å². The van der Waals surface area contributed by atoms with Gasteiger partial charge in [-0.2, -0.15) is 0 Å². The fourth-order valence-electron chi connectivity index (χ4n) is 3.70. The molecular formula is C26H31NO4. The molecule has 2 aromatic carbocycles. The van der Waals surface area contributed by atoms with Crippen LogP contribution >= 0.6 is 0 Å². The van der Waals surface area contributed by atoms with E-state index in [0.717, 1.165) is 51.0 Å². The lowest BCUT2D eigenvalue weighted by Gasteiger charge is -2.13. The minimum Gasteiger partial charge on any atom is -0.497 e. The lowest BCUT2D eigenvalue weighted by Crippen LogP contribution is -2.23. The lowest BCUT2D eigenvalue weighted by atomic mass is 9.96. The fraction of sp³-hybridized carbons (Fsp3) is 0.346. The number of aryl methyl sites for hydroxylation is 1. The minimum absolute atomic E-state index is 0.0989. The van der Waals surface area contributed by atoms with Crippen molar-refractivity contribution in [1.82, 2.24) is 5.32 Å². The summed E-state index contributed by atoms with van der Waals surface area (Å²) in [5.74, 6) is 1.94. The quantitative estimate of drug-likeness (QED) is 0.454. The minimum atomic E-state index is -0.0989. The van der Waals surface area contributed by atoms with Crippen LogP contribution in [0.1, 0.15) is 38.3 Å². The number of nitrogens with one attached hydrogen (secondary N) is 1. The van der Waals surface area contributed by atoms with Crippen LogP contribution in [0, 0.1) is 12.8 Å². The highest BCUT2D eigenvalue weighted by atomic mass is 16.5. The summed E-state index contributed by atoms with van der Waals surface area (Å²) >= 11 is 0. The van der Waals surface area contributed by atoms with Crippen LogP contribution in [-0.4, -0.2) is 26.7 Å². The normalized spacial score (nSPS) is 11.8.